The van der Waals surface area contributed by atoms with Crippen molar-refractivity contribution in [2.75, 3.05) is 18.5 Å². The molecule has 0 spiro atoms. The monoisotopic (exact) mass is 336 g/mol. The highest BCUT2D eigenvalue weighted by atomic mass is 16.6. The predicted molar refractivity (Wildman–Crippen MR) is 92.1 cm³/mol. The van der Waals surface area contributed by atoms with Crippen molar-refractivity contribution in [3.05, 3.63) is 59.8 Å². The van der Waals surface area contributed by atoms with E-state index in [1.54, 1.807) is 6.07 Å². The third-order valence-electron chi connectivity index (χ3n) is 3.96. The lowest BCUT2D eigenvalue weighted by Gasteiger charge is -2.18. The molecule has 1 N–H and O–H groups in total. The van der Waals surface area contributed by atoms with Crippen LogP contribution in [0.4, 0.5) is 5.69 Å². The summed E-state index contributed by atoms with van der Waals surface area (Å²) in [6.45, 7) is 2.98. The number of para-hydroxylation sites is 1. The number of aryl methyl sites for hydroxylation is 1. The molecule has 6 heteroatoms. The van der Waals surface area contributed by atoms with Crippen molar-refractivity contribution >= 4 is 11.6 Å². The molecule has 126 valence electrons. The van der Waals surface area contributed by atoms with E-state index in [0.29, 0.717) is 30.5 Å². The molecule has 25 heavy (non-hydrogen) atoms. The van der Waals surface area contributed by atoms with E-state index >= 15 is 0 Å². The summed E-state index contributed by atoms with van der Waals surface area (Å²) >= 11 is 0. The first-order valence-corrected chi connectivity index (χ1v) is 7.94. The third-order valence-corrected chi connectivity index (χ3v) is 3.96. The van der Waals surface area contributed by atoms with Gasteiger partial charge in [0.1, 0.15) is 13.2 Å². The number of amides is 1. The smallest absolute Gasteiger partial charge is 0.277 e. The van der Waals surface area contributed by atoms with Gasteiger partial charge in [-0.05, 0) is 36.8 Å². The van der Waals surface area contributed by atoms with Crippen LogP contribution < -0.4 is 14.8 Å². The van der Waals surface area contributed by atoms with E-state index in [1.165, 1.54) is 0 Å². The molecule has 0 fully saturated rings. The number of hydrogen-bond acceptors (Lipinski definition) is 5. The van der Waals surface area contributed by atoms with Gasteiger partial charge in [0.25, 0.3) is 5.91 Å². The molecular weight excluding hydrogens is 320 g/mol. The van der Waals surface area contributed by atoms with Crippen LogP contribution in [0, 0.1) is 6.92 Å². The number of benzene rings is 2. The van der Waals surface area contributed by atoms with Crippen molar-refractivity contribution in [1.29, 1.82) is 0 Å². The quantitative estimate of drug-likeness (QED) is 0.790. The maximum absolute atomic E-state index is 12.4. The standard InChI is InChI=1S/C19H16N2O4/c1-12-4-2-3-5-14(12)20-19(22)15-11-17(25-21-15)13-6-7-16-18(10-13)24-9-8-23-16/h2-7,10-11H,8-9H2,1H3,(H,20,22). The van der Waals surface area contributed by atoms with Crippen molar-refractivity contribution in [2.45, 2.75) is 6.92 Å². The van der Waals surface area contributed by atoms with E-state index in [4.69, 9.17) is 14.0 Å². The lowest BCUT2D eigenvalue weighted by Crippen LogP contribution is -2.15. The van der Waals surface area contributed by atoms with Gasteiger partial charge in [0.2, 0.25) is 0 Å². The molecule has 0 aliphatic carbocycles. The number of anilines is 1. The predicted octanol–water partition coefficient (Wildman–Crippen LogP) is 3.67. The summed E-state index contributed by atoms with van der Waals surface area (Å²) in [6.07, 6.45) is 0. The second-order valence-corrected chi connectivity index (χ2v) is 5.70. The molecule has 1 aromatic heterocycles. The Hall–Kier alpha value is -3.28. The second kappa shape index (κ2) is 6.32. The number of ether oxygens (including phenoxy) is 2. The first kappa shape index (κ1) is 15.3. The van der Waals surface area contributed by atoms with E-state index in [1.807, 2.05) is 49.4 Å². The van der Waals surface area contributed by atoms with Gasteiger partial charge in [-0.25, -0.2) is 0 Å². The molecule has 0 bridgehead atoms. The normalized spacial score (nSPS) is 12.7. The van der Waals surface area contributed by atoms with Gasteiger partial charge in [-0.1, -0.05) is 23.4 Å². The Kier molecular flexibility index (Phi) is 3.85. The summed E-state index contributed by atoms with van der Waals surface area (Å²) in [5.41, 5.74) is 2.71. The average molecular weight is 336 g/mol. The molecule has 1 amide bonds. The Morgan fingerprint density at radius 3 is 2.68 bits per heavy atom. The first-order chi connectivity index (χ1) is 12.2. The molecule has 4 rings (SSSR count). The summed E-state index contributed by atoms with van der Waals surface area (Å²) in [7, 11) is 0. The van der Waals surface area contributed by atoms with Gasteiger partial charge >= 0.3 is 0 Å². The fourth-order valence-corrected chi connectivity index (χ4v) is 2.61. The summed E-state index contributed by atoms with van der Waals surface area (Å²) in [4.78, 5) is 12.4. The molecule has 1 aliphatic heterocycles. The Morgan fingerprint density at radius 1 is 1.04 bits per heavy atom. The number of carbonyl (C=O) groups excluding carboxylic acids is 1. The van der Waals surface area contributed by atoms with Crippen LogP contribution in [0.25, 0.3) is 11.3 Å². The molecule has 1 aliphatic rings. The van der Waals surface area contributed by atoms with Gasteiger partial charge in [0.05, 0.1) is 0 Å². The molecule has 0 saturated carbocycles. The largest absolute Gasteiger partial charge is 0.486 e. The highest BCUT2D eigenvalue weighted by molar-refractivity contribution is 6.03. The van der Waals surface area contributed by atoms with E-state index in [-0.39, 0.29) is 11.6 Å². The minimum atomic E-state index is -0.318. The highest BCUT2D eigenvalue weighted by Gasteiger charge is 2.17. The lowest BCUT2D eigenvalue weighted by atomic mass is 10.1. The van der Waals surface area contributed by atoms with E-state index in [2.05, 4.69) is 10.5 Å². The zero-order chi connectivity index (χ0) is 17.2. The van der Waals surface area contributed by atoms with Gasteiger partial charge in [-0.3, -0.25) is 4.79 Å². The fraction of sp³-hybridized carbons (Fsp3) is 0.158. The van der Waals surface area contributed by atoms with Crippen LogP contribution in [0.3, 0.4) is 0 Å². The second-order valence-electron chi connectivity index (χ2n) is 5.70. The maximum atomic E-state index is 12.4. The van der Waals surface area contributed by atoms with Gasteiger partial charge in [0.15, 0.2) is 23.0 Å². The molecule has 0 atom stereocenters. The summed E-state index contributed by atoms with van der Waals surface area (Å²) in [5, 5.41) is 6.71. The Morgan fingerprint density at radius 2 is 1.84 bits per heavy atom. The van der Waals surface area contributed by atoms with Crippen LogP contribution in [0.5, 0.6) is 11.5 Å². The van der Waals surface area contributed by atoms with Crippen molar-refractivity contribution < 1.29 is 18.8 Å². The minimum absolute atomic E-state index is 0.216. The van der Waals surface area contributed by atoms with Crippen LogP contribution in [0.2, 0.25) is 0 Å². The molecule has 0 radical (unpaired) electrons. The van der Waals surface area contributed by atoms with Crippen molar-refractivity contribution in [1.82, 2.24) is 5.16 Å². The third kappa shape index (κ3) is 3.06. The number of hydrogen-bond donors (Lipinski definition) is 1. The lowest BCUT2D eigenvalue weighted by molar-refractivity contribution is 0.101. The zero-order valence-corrected chi connectivity index (χ0v) is 13.6. The zero-order valence-electron chi connectivity index (χ0n) is 13.6. The number of nitrogens with zero attached hydrogens (tertiary/aromatic N) is 1. The minimum Gasteiger partial charge on any atom is -0.486 e. The molecule has 0 saturated heterocycles. The number of fused-ring (bicyclic) bond motifs is 1. The van der Waals surface area contributed by atoms with E-state index < -0.39 is 0 Å². The van der Waals surface area contributed by atoms with Crippen LogP contribution in [-0.4, -0.2) is 24.3 Å². The average Bonchev–Trinajstić information content (AvgIpc) is 3.13. The van der Waals surface area contributed by atoms with Gasteiger partial charge in [-0.2, -0.15) is 0 Å². The molecule has 6 nitrogen and oxygen atoms in total. The topological polar surface area (TPSA) is 73.6 Å². The number of nitrogens with one attached hydrogen (secondary N) is 1. The van der Waals surface area contributed by atoms with E-state index in [0.717, 1.165) is 16.8 Å². The number of aromatic nitrogens is 1. The van der Waals surface area contributed by atoms with Gasteiger partial charge < -0.3 is 19.3 Å². The molecule has 0 unspecified atom stereocenters. The summed E-state index contributed by atoms with van der Waals surface area (Å²) in [6, 6.07) is 14.6. The molecule has 3 aromatic rings. The number of rotatable bonds is 3. The van der Waals surface area contributed by atoms with Gasteiger partial charge in [0, 0.05) is 17.3 Å². The summed E-state index contributed by atoms with van der Waals surface area (Å²) in [5.74, 6) is 1.53. The Balaban J connectivity index is 1.56. The number of carbonyl (C=O) groups is 1. The Bertz CT molecular complexity index is 933. The Labute approximate surface area is 144 Å². The molecule has 2 aromatic carbocycles. The summed E-state index contributed by atoms with van der Waals surface area (Å²) < 4.78 is 16.4. The van der Waals surface area contributed by atoms with Crippen molar-refractivity contribution in [2.24, 2.45) is 0 Å². The maximum Gasteiger partial charge on any atom is 0.277 e. The highest BCUT2D eigenvalue weighted by Crippen LogP contribution is 2.34. The fourth-order valence-electron chi connectivity index (χ4n) is 2.61. The van der Waals surface area contributed by atoms with Crippen molar-refractivity contribution in [3.63, 3.8) is 0 Å². The SMILES string of the molecule is Cc1ccccc1NC(=O)c1cc(-c2ccc3c(c2)OCCO3)on1. The van der Waals surface area contributed by atoms with Crippen LogP contribution >= 0.6 is 0 Å². The first-order valence-electron chi connectivity index (χ1n) is 7.94. The van der Waals surface area contributed by atoms with Gasteiger partial charge in [-0.15, -0.1) is 0 Å². The molecular formula is C19H16N2O4. The van der Waals surface area contributed by atoms with E-state index in [9.17, 15) is 4.79 Å². The van der Waals surface area contributed by atoms with Crippen LogP contribution in [-0.2, 0) is 0 Å². The van der Waals surface area contributed by atoms with Crippen molar-refractivity contribution in [3.8, 4) is 22.8 Å². The molecule has 2 heterocycles. The van der Waals surface area contributed by atoms with Crippen LogP contribution in [0.1, 0.15) is 16.1 Å². The van der Waals surface area contributed by atoms with Crippen LogP contribution in [0.15, 0.2) is 53.1 Å².